The number of benzene rings is 4. The van der Waals surface area contributed by atoms with E-state index in [1.54, 1.807) is 91.0 Å². The minimum Gasteiger partial charge on any atom is -0.491 e. The van der Waals surface area contributed by atoms with Crippen molar-refractivity contribution in [3.05, 3.63) is 126 Å². The lowest BCUT2D eigenvalue weighted by atomic mass is 9.99. The van der Waals surface area contributed by atoms with E-state index < -0.39 is 18.3 Å². The van der Waals surface area contributed by atoms with Crippen molar-refractivity contribution in [1.82, 2.24) is 0 Å². The summed E-state index contributed by atoms with van der Waals surface area (Å²) in [4.78, 5) is 25.7. The van der Waals surface area contributed by atoms with Crippen LogP contribution in [0.4, 0.5) is 21.9 Å². The van der Waals surface area contributed by atoms with Crippen molar-refractivity contribution in [3.63, 3.8) is 0 Å². The maximum Gasteiger partial charge on any atom is 0.412 e. The van der Waals surface area contributed by atoms with Gasteiger partial charge in [0.25, 0.3) is 0 Å². The number of nitrogens with two attached hydrogens (primary N) is 1. The summed E-state index contributed by atoms with van der Waals surface area (Å²) in [6.45, 7) is -0.0622. The fourth-order valence-electron chi connectivity index (χ4n) is 4.38. The Morgan fingerprint density at radius 3 is 2.38 bits per heavy atom. The van der Waals surface area contributed by atoms with Gasteiger partial charge in [-0.05, 0) is 85.1 Å². The molecule has 0 heterocycles. The SMILES string of the molecule is N#Cc1ccc(NC(=O)O[C@H](c2cccc(OCCO)c2)[C@@H](CC/C=C/C(=O)Nc2ccccc2N)Oc2ccccc2)cc1. The van der Waals surface area contributed by atoms with Crippen LogP contribution in [0, 0.1) is 11.3 Å². The lowest BCUT2D eigenvalue weighted by molar-refractivity contribution is -0.111. The van der Waals surface area contributed by atoms with Gasteiger partial charge in [0.15, 0.2) is 6.10 Å². The molecular formula is C35H34N4O6. The highest BCUT2D eigenvalue weighted by molar-refractivity contribution is 6.01. The number of carbonyl (C=O) groups excluding carboxylic acids is 2. The van der Waals surface area contributed by atoms with Crippen LogP contribution < -0.4 is 25.8 Å². The van der Waals surface area contributed by atoms with Crippen LogP contribution >= 0.6 is 0 Å². The van der Waals surface area contributed by atoms with Crippen LogP contribution in [0.5, 0.6) is 11.5 Å². The molecule has 10 nitrogen and oxygen atoms in total. The molecule has 0 bridgehead atoms. The van der Waals surface area contributed by atoms with Crippen molar-refractivity contribution in [1.29, 1.82) is 5.26 Å². The van der Waals surface area contributed by atoms with Crippen LogP contribution in [0.3, 0.4) is 0 Å². The van der Waals surface area contributed by atoms with E-state index in [2.05, 4.69) is 10.6 Å². The Hall–Kier alpha value is -5.79. The summed E-state index contributed by atoms with van der Waals surface area (Å²) in [7, 11) is 0. The van der Waals surface area contributed by atoms with Crippen molar-refractivity contribution in [3.8, 4) is 17.6 Å². The number of nitrogen functional groups attached to an aromatic ring is 1. The summed E-state index contributed by atoms with van der Waals surface area (Å²) in [5, 5.41) is 23.8. The van der Waals surface area contributed by atoms with Gasteiger partial charge in [-0.1, -0.05) is 48.5 Å². The summed E-state index contributed by atoms with van der Waals surface area (Å²) in [6, 6.07) is 31.6. The number of aliphatic hydroxyl groups excluding tert-OH is 1. The number of para-hydroxylation sites is 3. The number of hydrogen-bond acceptors (Lipinski definition) is 8. The summed E-state index contributed by atoms with van der Waals surface area (Å²) in [5.74, 6) is 0.715. The molecule has 0 aliphatic carbocycles. The predicted octanol–water partition coefficient (Wildman–Crippen LogP) is 6.22. The molecule has 0 aliphatic rings. The molecule has 0 radical (unpaired) electrons. The standard InChI is InChI=1S/C35H34N4O6/c36-24-25-17-19-27(20-18-25)38-35(42)45-34(26-9-8-12-29(23-26)43-22-21-40)32(44-28-10-2-1-3-11-28)15-6-7-16-33(41)39-31-14-5-4-13-30(31)37/h1-5,7-14,16-20,23,32,34,40H,6,15,21-22,37H2,(H,38,42)(H,39,41)/b16-7+/t32-,34-/m1/s1. The van der Waals surface area contributed by atoms with Gasteiger partial charge in [-0.15, -0.1) is 0 Å². The van der Waals surface area contributed by atoms with Crippen LogP contribution in [-0.2, 0) is 9.53 Å². The van der Waals surface area contributed by atoms with Crippen LogP contribution in [0.1, 0.15) is 30.1 Å². The summed E-state index contributed by atoms with van der Waals surface area (Å²) in [5.41, 5.74) is 8.41. The molecule has 230 valence electrons. The van der Waals surface area contributed by atoms with Crippen molar-refractivity contribution < 1.29 is 28.9 Å². The van der Waals surface area contributed by atoms with E-state index in [-0.39, 0.29) is 19.1 Å². The molecule has 4 aromatic rings. The van der Waals surface area contributed by atoms with Crippen molar-refractivity contribution in [2.45, 2.75) is 25.0 Å². The number of aliphatic hydroxyl groups is 1. The molecule has 4 aromatic carbocycles. The monoisotopic (exact) mass is 606 g/mol. The van der Waals surface area contributed by atoms with E-state index >= 15 is 0 Å². The predicted molar refractivity (Wildman–Crippen MR) is 172 cm³/mol. The lowest BCUT2D eigenvalue weighted by Gasteiger charge is -2.28. The molecule has 4 rings (SSSR count). The molecular weight excluding hydrogens is 572 g/mol. The third-order valence-corrected chi connectivity index (χ3v) is 6.52. The molecule has 0 saturated heterocycles. The van der Waals surface area contributed by atoms with Gasteiger partial charge in [-0.3, -0.25) is 10.1 Å². The normalized spacial score (nSPS) is 12.0. The Morgan fingerprint density at radius 1 is 0.911 bits per heavy atom. The molecule has 0 aromatic heterocycles. The number of allylic oxidation sites excluding steroid dienone is 1. The molecule has 0 saturated carbocycles. The number of nitrogens with one attached hydrogen (secondary N) is 2. The highest BCUT2D eigenvalue weighted by Gasteiger charge is 2.29. The molecule has 0 unspecified atom stereocenters. The van der Waals surface area contributed by atoms with Gasteiger partial charge in [0.1, 0.15) is 24.2 Å². The van der Waals surface area contributed by atoms with Gasteiger partial charge in [0.05, 0.1) is 29.6 Å². The average Bonchev–Trinajstić information content (AvgIpc) is 3.06. The minimum atomic E-state index is -0.910. The molecule has 0 spiro atoms. The first-order valence-corrected chi connectivity index (χ1v) is 14.3. The Labute approximate surface area is 261 Å². The highest BCUT2D eigenvalue weighted by Crippen LogP contribution is 2.31. The Morgan fingerprint density at radius 2 is 1.64 bits per heavy atom. The van der Waals surface area contributed by atoms with E-state index in [4.69, 9.17) is 25.2 Å². The zero-order valence-corrected chi connectivity index (χ0v) is 24.5. The van der Waals surface area contributed by atoms with Crippen molar-refractivity contribution in [2.24, 2.45) is 0 Å². The van der Waals surface area contributed by atoms with Crippen molar-refractivity contribution in [2.75, 3.05) is 29.6 Å². The minimum absolute atomic E-state index is 0.0968. The smallest absolute Gasteiger partial charge is 0.412 e. The largest absolute Gasteiger partial charge is 0.491 e. The molecule has 45 heavy (non-hydrogen) atoms. The number of hydrogen-bond donors (Lipinski definition) is 4. The summed E-state index contributed by atoms with van der Waals surface area (Å²) < 4.78 is 18.0. The zero-order chi connectivity index (χ0) is 31.9. The van der Waals surface area contributed by atoms with Gasteiger partial charge >= 0.3 is 6.09 Å². The molecule has 5 N–H and O–H groups in total. The summed E-state index contributed by atoms with van der Waals surface area (Å²) in [6.07, 6.45) is 1.57. The quantitative estimate of drug-likeness (QED) is 0.0973. The van der Waals surface area contributed by atoms with E-state index in [1.807, 2.05) is 24.3 Å². The first-order valence-electron chi connectivity index (χ1n) is 14.3. The number of rotatable bonds is 14. The topological polar surface area (TPSA) is 156 Å². The molecule has 0 aliphatic heterocycles. The van der Waals surface area contributed by atoms with Gasteiger partial charge in [-0.25, -0.2) is 4.79 Å². The van der Waals surface area contributed by atoms with E-state index in [1.165, 1.54) is 6.08 Å². The third-order valence-electron chi connectivity index (χ3n) is 6.52. The Kier molecular flexibility index (Phi) is 12.0. The van der Waals surface area contributed by atoms with E-state index in [0.717, 1.165) is 0 Å². The molecule has 0 fully saturated rings. The third kappa shape index (κ3) is 10.2. The lowest BCUT2D eigenvalue weighted by Crippen LogP contribution is -2.31. The highest BCUT2D eigenvalue weighted by atomic mass is 16.6. The van der Waals surface area contributed by atoms with E-state index in [0.29, 0.717) is 52.5 Å². The Bertz CT molecular complexity index is 1620. The molecule has 2 atom stereocenters. The molecule has 10 heteroatoms. The number of nitriles is 1. The second-order valence-corrected chi connectivity index (χ2v) is 9.81. The van der Waals surface area contributed by atoms with Crippen LogP contribution in [0.2, 0.25) is 0 Å². The first kappa shape index (κ1) is 32.1. The second-order valence-electron chi connectivity index (χ2n) is 9.81. The second kappa shape index (κ2) is 16.7. The fraction of sp³-hybridized carbons (Fsp3) is 0.171. The van der Waals surface area contributed by atoms with E-state index in [9.17, 15) is 14.7 Å². The van der Waals surface area contributed by atoms with Gasteiger partial charge in [-0.2, -0.15) is 5.26 Å². The van der Waals surface area contributed by atoms with Crippen LogP contribution in [-0.4, -0.2) is 36.4 Å². The van der Waals surface area contributed by atoms with Crippen LogP contribution in [0.15, 0.2) is 115 Å². The summed E-state index contributed by atoms with van der Waals surface area (Å²) >= 11 is 0. The number of nitrogens with zero attached hydrogens (tertiary/aromatic N) is 1. The van der Waals surface area contributed by atoms with Gasteiger partial charge < -0.3 is 30.4 Å². The van der Waals surface area contributed by atoms with Crippen molar-refractivity contribution >= 4 is 29.1 Å². The average molecular weight is 607 g/mol. The number of anilines is 3. The molecule has 2 amide bonds. The first-order chi connectivity index (χ1) is 21.9. The van der Waals surface area contributed by atoms with Crippen LogP contribution in [0.25, 0.3) is 0 Å². The fourth-order valence-corrected chi connectivity index (χ4v) is 4.38. The number of carbonyl (C=O) groups is 2. The maximum atomic E-state index is 13.2. The number of ether oxygens (including phenoxy) is 3. The number of amides is 2. The maximum absolute atomic E-state index is 13.2. The van der Waals surface area contributed by atoms with Gasteiger partial charge in [0, 0.05) is 5.69 Å². The zero-order valence-electron chi connectivity index (χ0n) is 24.5. The van der Waals surface area contributed by atoms with Gasteiger partial charge in [0.2, 0.25) is 5.91 Å². The Balaban J connectivity index is 1.56.